The zero-order valence-electron chi connectivity index (χ0n) is 10.7. The summed E-state index contributed by atoms with van der Waals surface area (Å²) in [6.45, 7) is 3.42. The normalized spacial score (nSPS) is 13.7. The van der Waals surface area contributed by atoms with Gasteiger partial charge in [0.1, 0.15) is 5.82 Å². The molecule has 0 saturated carbocycles. The molecular weight excluding hydrogens is 246 g/mol. The molecule has 0 spiro atoms. The van der Waals surface area contributed by atoms with Crippen molar-refractivity contribution in [1.82, 2.24) is 5.32 Å². The molecule has 102 valence electrons. The average molecular weight is 263 g/mol. The van der Waals surface area contributed by atoms with Crippen LogP contribution in [0.3, 0.4) is 0 Å². The minimum atomic E-state index is -4.17. The van der Waals surface area contributed by atoms with Crippen LogP contribution in [0.4, 0.5) is 17.6 Å². The Morgan fingerprint density at radius 3 is 2.06 bits per heavy atom. The maximum absolute atomic E-state index is 13.2. The van der Waals surface area contributed by atoms with E-state index in [1.165, 1.54) is 12.1 Å². The van der Waals surface area contributed by atoms with E-state index < -0.39 is 18.6 Å². The fraction of sp³-hybridized carbons (Fsp3) is 0.538. The van der Waals surface area contributed by atoms with Crippen LogP contribution in [0.1, 0.15) is 35.6 Å². The number of alkyl halides is 3. The van der Waals surface area contributed by atoms with Gasteiger partial charge in [-0.2, -0.15) is 13.2 Å². The summed E-state index contributed by atoms with van der Waals surface area (Å²) in [6.07, 6.45) is -5.07. The smallest absolute Gasteiger partial charge is 0.313 e. The molecule has 1 aromatic carbocycles. The van der Waals surface area contributed by atoms with Gasteiger partial charge in [0, 0.05) is 12.5 Å². The van der Waals surface area contributed by atoms with Crippen molar-refractivity contribution in [3.63, 3.8) is 0 Å². The molecule has 1 aromatic rings. The number of rotatable bonds is 4. The third kappa shape index (κ3) is 3.98. The summed E-state index contributed by atoms with van der Waals surface area (Å²) in [5.41, 5.74) is 2.10. The molecule has 0 amide bonds. The Balaban J connectivity index is 2.95. The first-order chi connectivity index (χ1) is 8.24. The van der Waals surface area contributed by atoms with Crippen molar-refractivity contribution in [1.29, 1.82) is 0 Å². The van der Waals surface area contributed by atoms with Crippen molar-refractivity contribution in [2.75, 3.05) is 7.05 Å². The van der Waals surface area contributed by atoms with Gasteiger partial charge in [-0.3, -0.25) is 0 Å². The Morgan fingerprint density at radius 2 is 1.67 bits per heavy atom. The second kappa shape index (κ2) is 5.69. The molecule has 0 bridgehead atoms. The maximum Gasteiger partial charge on any atom is 0.389 e. The molecule has 0 fully saturated rings. The summed E-state index contributed by atoms with van der Waals surface area (Å²) in [5, 5.41) is 2.87. The molecule has 0 aliphatic carbocycles. The predicted molar refractivity (Wildman–Crippen MR) is 63.0 cm³/mol. The van der Waals surface area contributed by atoms with Gasteiger partial charge in [0.05, 0.1) is 0 Å². The van der Waals surface area contributed by atoms with E-state index in [1.54, 1.807) is 20.9 Å². The van der Waals surface area contributed by atoms with E-state index in [4.69, 9.17) is 0 Å². The Hall–Kier alpha value is -1.10. The highest BCUT2D eigenvalue weighted by molar-refractivity contribution is 5.36. The van der Waals surface area contributed by atoms with Gasteiger partial charge in [-0.05, 0) is 56.1 Å². The molecule has 0 heterocycles. The van der Waals surface area contributed by atoms with Crippen LogP contribution in [-0.2, 0) is 0 Å². The largest absolute Gasteiger partial charge is 0.389 e. The Kier molecular flexibility index (Phi) is 4.73. The minimum absolute atomic E-state index is 0.0483. The second-order valence-electron chi connectivity index (χ2n) is 4.45. The maximum atomic E-state index is 13.2. The summed E-state index contributed by atoms with van der Waals surface area (Å²) >= 11 is 0. The lowest BCUT2D eigenvalue weighted by Gasteiger charge is -2.22. The van der Waals surface area contributed by atoms with Gasteiger partial charge < -0.3 is 5.32 Å². The van der Waals surface area contributed by atoms with Gasteiger partial charge in [-0.1, -0.05) is 0 Å². The molecule has 18 heavy (non-hydrogen) atoms. The van der Waals surface area contributed by atoms with Gasteiger partial charge in [0.2, 0.25) is 0 Å². The van der Waals surface area contributed by atoms with E-state index in [0.717, 1.165) is 5.56 Å². The summed E-state index contributed by atoms with van der Waals surface area (Å²) in [4.78, 5) is 0. The molecule has 1 rings (SSSR count). The molecule has 0 aliphatic rings. The van der Waals surface area contributed by atoms with E-state index in [1.807, 2.05) is 0 Å². The highest BCUT2D eigenvalue weighted by Gasteiger charge is 2.29. The molecule has 1 N–H and O–H groups in total. The predicted octanol–water partition coefficient (Wildman–Crippen LogP) is 4.05. The second-order valence-corrected chi connectivity index (χ2v) is 4.45. The first-order valence-corrected chi connectivity index (χ1v) is 5.75. The van der Waals surface area contributed by atoms with Crippen molar-refractivity contribution in [3.8, 4) is 0 Å². The molecule has 1 nitrogen and oxygen atoms in total. The third-order valence-corrected chi connectivity index (χ3v) is 2.97. The first kappa shape index (κ1) is 15.0. The average Bonchev–Trinajstić information content (AvgIpc) is 2.20. The lowest BCUT2D eigenvalue weighted by molar-refractivity contribution is -0.136. The van der Waals surface area contributed by atoms with Crippen LogP contribution in [0, 0.1) is 19.7 Å². The number of aryl methyl sites for hydroxylation is 2. The van der Waals surface area contributed by atoms with E-state index in [-0.39, 0.29) is 12.2 Å². The van der Waals surface area contributed by atoms with Crippen molar-refractivity contribution >= 4 is 0 Å². The molecule has 0 saturated heterocycles. The SMILES string of the molecule is CNC(CCC(F)(F)F)c1c(C)cc(F)cc1C. The van der Waals surface area contributed by atoms with E-state index in [2.05, 4.69) is 5.32 Å². The standard InChI is InChI=1S/C13H17F4N/c1-8-6-10(14)7-9(2)12(8)11(18-3)4-5-13(15,16)17/h6-7,11,18H,4-5H2,1-3H3. The van der Waals surface area contributed by atoms with Gasteiger partial charge in [-0.25, -0.2) is 4.39 Å². The highest BCUT2D eigenvalue weighted by Crippen LogP contribution is 2.30. The topological polar surface area (TPSA) is 12.0 Å². The van der Waals surface area contributed by atoms with Crippen molar-refractivity contribution < 1.29 is 17.6 Å². The third-order valence-electron chi connectivity index (χ3n) is 2.97. The molecule has 0 aliphatic heterocycles. The van der Waals surface area contributed by atoms with Crippen LogP contribution in [0.2, 0.25) is 0 Å². The Labute approximate surface area is 104 Å². The number of hydrogen-bond donors (Lipinski definition) is 1. The van der Waals surface area contributed by atoms with Crippen LogP contribution >= 0.6 is 0 Å². The molecule has 5 heteroatoms. The minimum Gasteiger partial charge on any atom is -0.313 e. The van der Waals surface area contributed by atoms with E-state index in [9.17, 15) is 17.6 Å². The molecule has 1 unspecified atom stereocenters. The first-order valence-electron chi connectivity index (χ1n) is 5.75. The van der Waals surface area contributed by atoms with Crippen molar-refractivity contribution in [3.05, 3.63) is 34.6 Å². The van der Waals surface area contributed by atoms with Crippen molar-refractivity contribution in [2.45, 2.75) is 38.9 Å². The zero-order valence-corrected chi connectivity index (χ0v) is 10.7. The number of hydrogen-bond acceptors (Lipinski definition) is 1. The summed E-state index contributed by atoms with van der Waals surface area (Å²) in [5.74, 6) is -0.362. The zero-order chi connectivity index (χ0) is 13.9. The fourth-order valence-electron chi connectivity index (χ4n) is 2.21. The van der Waals surface area contributed by atoms with Crippen LogP contribution in [0.5, 0.6) is 0 Å². The van der Waals surface area contributed by atoms with Gasteiger partial charge >= 0.3 is 6.18 Å². The quantitative estimate of drug-likeness (QED) is 0.808. The molecule has 0 radical (unpaired) electrons. The van der Waals surface area contributed by atoms with E-state index >= 15 is 0 Å². The highest BCUT2D eigenvalue weighted by atomic mass is 19.4. The van der Waals surface area contributed by atoms with Gasteiger partial charge in [0.25, 0.3) is 0 Å². The lowest BCUT2D eigenvalue weighted by Crippen LogP contribution is -2.21. The molecule has 0 aromatic heterocycles. The van der Waals surface area contributed by atoms with Crippen molar-refractivity contribution in [2.24, 2.45) is 0 Å². The van der Waals surface area contributed by atoms with E-state index in [0.29, 0.717) is 11.1 Å². The van der Waals surface area contributed by atoms with Crippen LogP contribution in [0.25, 0.3) is 0 Å². The summed E-state index contributed by atoms with van der Waals surface area (Å²) < 4.78 is 49.9. The number of benzene rings is 1. The summed E-state index contributed by atoms with van der Waals surface area (Å²) in [6, 6.07) is 2.28. The van der Waals surface area contributed by atoms with Gasteiger partial charge in [0.15, 0.2) is 0 Å². The Bertz CT molecular complexity index is 389. The monoisotopic (exact) mass is 263 g/mol. The van der Waals surface area contributed by atoms with Crippen LogP contribution in [0.15, 0.2) is 12.1 Å². The molecule has 1 atom stereocenters. The van der Waals surface area contributed by atoms with Gasteiger partial charge in [-0.15, -0.1) is 0 Å². The van der Waals surface area contributed by atoms with Crippen LogP contribution < -0.4 is 5.32 Å². The Morgan fingerprint density at radius 1 is 1.17 bits per heavy atom. The number of nitrogens with one attached hydrogen (secondary N) is 1. The van der Waals surface area contributed by atoms with Crippen LogP contribution in [-0.4, -0.2) is 13.2 Å². The summed E-state index contributed by atoms with van der Waals surface area (Å²) in [7, 11) is 1.61. The molecular formula is C13H17F4N. The fourth-order valence-corrected chi connectivity index (χ4v) is 2.21. The number of halogens is 4. The lowest BCUT2D eigenvalue weighted by atomic mass is 9.93.